The van der Waals surface area contributed by atoms with E-state index < -0.39 is 5.97 Å². The zero-order valence-electron chi connectivity index (χ0n) is 12.6. The molecule has 114 valence electrons. The van der Waals surface area contributed by atoms with E-state index in [1.807, 2.05) is 0 Å². The summed E-state index contributed by atoms with van der Waals surface area (Å²) >= 11 is 0. The van der Waals surface area contributed by atoms with Gasteiger partial charge >= 0.3 is 5.97 Å². The number of benzene rings is 1. The molecule has 6 nitrogen and oxygen atoms in total. The molecule has 1 aromatic heterocycles. The number of carbonyl (C=O) groups is 2. The number of Topliss-reactive ketones (excluding diaryl/α,β-unsaturated/α-hetero) is 1. The van der Waals surface area contributed by atoms with Crippen LogP contribution in [0.1, 0.15) is 39.2 Å². The van der Waals surface area contributed by atoms with E-state index in [0.717, 1.165) is 0 Å². The second-order valence-corrected chi connectivity index (χ2v) is 4.65. The van der Waals surface area contributed by atoms with Crippen LogP contribution in [0.5, 0.6) is 5.75 Å². The number of hydrogen-bond donors (Lipinski definition) is 0. The summed E-state index contributed by atoms with van der Waals surface area (Å²) in [4.78, 5) is 31.3. The van der Waals surface area contributed by atoms with Crippen molar-refractivity contribution in [2.24, 2.45) is 0 Å². The van der Waals surface area contributed by atoms with Gasteiger partial charge in [-0.3, -0.25) is 4.79 Å². The van der Waals surface area contributed by atoms with Gasteiger partial charge in [0.2, 0.25) is 0 Å². The highest BCUT2D eigenvalue weighted by atomic mass is 16.5. The Balaban J connectivity index is 2.15. The standard InChI is InChI=1S/C16H16N2O4/c1-10(19)12-4-5-15(21-3)13(8-12)9-22-16(20)14-6-7-17-11(2)18-14/h4-8H,9H2,1-3H3. The fraction of sp³-hybridized carbons (Fsp3) is 0.250. The van der Waals surface area contributed by atoms with E-state index in [1.165, 1.54) is 26.3 Å². The van der Waals surface area contributed by atoms with Crippen molar-refractivity contribution < 1.29 is 19.1 Å². The maximum atomic E-state index is 12.0. The smallest absolute Gasteiger partial charge is 0.357 e. The maximum absolute atomic E-state index is 12.0. The molecule has 0 radical (unpaired) electrons. The Morgan fingerprint density at radius 1 is 1.23 bits per heavy atom. The quantitative estimate of drug-likeness (QED) is 0.623. The summed E-state index contributed by atoms with van der Waals surface area (Å²) in [5.41, 5.74) is 1.34. The molecule has 0 aliphatic rings. The van der Waals surface area contributed by atoms with Crippen molar-refractivity contribution in [3.63, 3.8) is 0 Å². The zero-order chi connectivity index (χ0) is 16.1. The molecule has 2 aromatic rings. The van der Waals surface area contributed by atoms with Gasteiger partial charge in [0.25, 0.3) is 0 Å². The molecule has 0 saturated heterocycles. The number of methoxy groups -OCH3 is 1. The average molecular weight is 300 g/mol. The summed E-state index contributed by atoms with van der Waals surface area (Å²) in [7, 11) is 1.52. The molecule has 6 heteroatoms. The van der Waals surface area contributed by atoms with E-state index in [9.17, 15) is 9.59 Å². The van der Waals surface area contributed by atoms with Crippen molar-refractivity contribution in [2.45, 2.75) is 20.5 Å². The van der Waals surface area contributed by atoms with Crippen molar-refractivity contribution in [3.05, 3.63) is 53.1 Å². The van der Waals surface area contributed by atoms with Crippen molar-refractivity contribution in [3.8, 4) is 5.75 Å². The molecule has 2 rings (SSSR count). The number of hydrogen-bond acceptors (Lipinski definition) is 6. The molecule has 0 atom stereocenters. The zero-order valence-corrected chi connectivity index (χ0v) is 12.6. The van der Waals surface area contributed by atoms with Crippen LogP contribution in [-0.2, 0) is 11.3 Å². The Morgan fingerprint density at radius 2 is 2.00 bits per heavy atom. The van der Waals surface area contributed by atoms with E-state index >= 15 is 0 Å². The molecule has 0 spiro atoms. The largest absolute Gasteiger partial charge is 0.496 e. The Hall–Kier alpha value is -2.76. The number of carbonyl (C=O) groups excluding carboxylic acids is 2. The van der Waals surface area contributed by atoms with Crippen LogP contribution in [0.4, 0.5) is 0 Å². The Bertz CT molecular complexity index is 713. The van der Waals surface area contributed by atoms with E-state index in [2.05, 4.69) is 9.97 Å². The van der Waals surface area contributed by atoms with Gasteiger partial charge in [-0.25, -0.2) is 14.8 Å². The van der Waals surface area contributed by atoms with Crippen molar-refractivity contribution in [2.75, 3.05) is 7.11 Å². The first kappa shape index (κ1) is 15.6. The fourth-order valence-corrected chi connectivity index (χ4v) is 1.90. The number of ketones is 1. The van der Waals surface area contributed by atoms with E-state index in [-0.39, 0.29) is 18.1 Å². The van der Waals surface area contributed by atoms with Gasteiger partial charge in [0.05, 0.1) is 7.11 Å². The molecule has 1 aromatic carbocycles. The predicted molar refractivity (Wildman–Crippen MR) is 78.9 cm³/mol. The number of esters is 1. The van der Waals surface area contributed by atoms with Crippen LogP contribution in [0.25, 0.3) is 0 Å². The van der Waals surface area contributed by atoms with Crippen LogP contribution in [0, 0.1) is 6.92 Å². The lowest BCUT2D eigenvalue weighted by molar-refractivity contribution is 0.0462. The van der Waals surface area contributed by atoms with Crippen LogP contribution >= 0.6 is 0 Å². The fourth-order valence-electron chi connectivity index (χ4n) is 1.90. The second kappa shape index (κ2) is 6.80. The second-order valence-electron chi connectivity index (χ2n) is 4.65. The monoisotopic (exact) mass is 300 g/mol. The van der Waals surface area contributed by atoms with E-state index in [4.69, 9.17) is 9.47 Å². The van der Waals surface area contributed by atoms with Gasteiger partial charge in [-0.15, -0.1) is 0 Å². The van der Waals surface area contributed by atoms with Gasteiger partial charge in [-0.2, -0.15) is 0 Å². The van der Waals surface area contributed by atoms with Crippen LogP contribution in [0.2, 0.25) is 0 Å². The van der Waals surface area contributed by atoms with Gasteiger partial charge < -0.3 is 9.47 Å². The summed E-state index contributed by atoms with van der Waals surface area (Å²) in [6.45, 7) is 3.16. The third-order valence-electron chi connectivity index (χ3n) is 3.03. The maximum Gasteiger partial charge on any atom is 0.357 e. The lowest BCUT2D eigenvalue weighted by Crippen LogP contribution is -2.09. The topological polar surface area (TPSA) is 78.4 Å². The van der Waals surface area contributed by atoms with E-state index in [1.54, 1.807) is 25.1 Å². The van der Waals surface area contributed by atoms with Crippen LogP contribution in [0.3, 0.4) is 0 Å². The van der Waals surface area contributed by atoms with Gasteiger partial charge in [0.15, 0.2) is 11.5 Å². The molecule has 0 N–H and O–H groups in total. The minimum absolute atomic E-state index is 0.00776. The summed E-state index contributed by atoms with van der Waals surface area (Å²) in [6.07, 6.45) is 1.50. The molecule has 22 heavy (non-hydrogen) atoms. The van der Waals surface area contributed by atoms with Crippen LogP contribution < -0.4 is 4.74 Å². The molecule has 0 unspecified atom stereocenters. The summed E-state index contributed by atoms with van der Waals surface area (Å²) in [5, 5.41) is 0. The predicted octanol–water partition coefficient (Wildman–Crippen LogP) is 2.35. The van der Waals surface area contributed by atoms with Gasteiger partial charge in [-0.1, -0.05) is 0 Å². The SMILES string of the molecule is COc1ccc(C(C)=O)cc1COC(=O)c1ccnc(C)n1. The highest BCUT2D eigenvalue weighted by Crippen LogP contribution is 2.21. The molecule has 0 bridgehead atoms. The highest BCUT2D eigenvalue weighted by Gasteiger charge is 2.13. The first-order valence-corrected chi connectivity index (χ1v) is 6.66. The Morgan fingerprint density at radius 3 is 2.64 bits per heavy atom. The lowest BCUT2D eigenvalue weighted by atomic mass is 10.1. The normalized spacial score (nSPS) is 10.1. The van der Waals surface area contributed by atoms with Gasteiger partial charge in [0, 0.05) is 17.3 Å². The summed E-state index contributed by atoms with van der Waals surface area (Å²) in [6, 6.07) is 6.48. The number of ether oxygens (including phenoxy) is 2. The van der Waals surface area contributed by atoms with Gasteiger partial charge in [0.1, 0.15) is 18.2 Å². The minimum atomic E-state index is -0.555. The summed E-state index contributed by atoms with van der Waals surface area (Å²) in [5.74, 6) is 0.421. The van der Waals surface area contributed by atoms with Crippen LogP contribution in [0.15, 0.2) is 30.5 Å². The molecule has 0 aliphatic heterocycles. The Labute approximate surface area is 128 Å². The highest BCUT2D eigenvalue weighted by molar-refractivity contribution is 5.94. The molecule has 0 amide bonds. The van der Waals surface area contributed by atoms with Crippen molar-refractivity contribution >= 4 is 11.8 Å². The third kappa shape index (κ3) is 3.66. The molecular weight excluding hydrogens is 284 g/mol. The first-order chi connectivity index (χ1) is 10.5. The van der Waals surface area contributed by atoms with Gasteiger partial charge in [-0.05, 0) is 38.1 Å². The van der Waals surface area contributed by atoms with Crippen LogP contribution in [-0.4, -0.2) is 28.8 Å². The lowest BCUT2D eigenvalue weighted by Gasteiger charge is -2.10. The number of nitrogens with zero attached hydrogens (tertiary/aromatic N) is 2. The third-order valence-corrected chi connectivity index (χ3v) is 3.03. The average Bonchev–Trinajstić information content (AvgIpc) is 2.52. The molecular formula is C16H16N2O4. The van der Waals surface area contributed by atoms with E-state index in [0.29, 0.717) is 22.7 Å². The molecule has 1 heterocycles. The number of rotatable bonds is 5. The molecule has 0 fully saturated rings. The summed E-state index contributed by atoms with van der Waals surface area (Å²) < 4.78 is 10.4. The molecule has 0 aliphatic carbocycles. The molecule has 0 saturated carbocycles. The van der Waals surface area contributed by atoms with Crippen molar-refractivity contribution in [1.82, 2.24) is 9.97 Å². The first-order valence-electron chi connectivity index (χ1n) is 6.66. The number of aromatic nitrogens is 2. The number of aryl methyl sites for hydroxylation is 1. The van der Waals surface area contributed by atoms with Crippen molar-refractivity contribution in [1.29, 1.82) is 0 Å². The minimum Gasteiger partial charge on any atom is -0.496 e. The Kier molecular flexibility index (Phi) is 4.83.